The molecule has 8 nitrogen and oxygen atoms in total. The van der Waals surface area contributed by atoms with Crippen LogP contribution in [0.5, 0.6) is 0 Å². The van der Waals surface area contributed by atoms with Gasteiger partial charge in [-0.25, -0.2) is 4.79 Å². The highest BCUT2D eigenvalue weighted by Gasteiger charge is 2.19. The third kappa shape index (κ3) is 3.09. The van der Waals surface area contributed by atoms with E-state index in [9.17, 15) is 14.9 Å². The zero-order valence-electron chi connectivity index (χ0n) is 10.2. The van der Waals surface area contributed by atoms with Gasteiger partial charge in [0.1, 0.15) is 0 Å². The smallest absolute Gasteiger partial charge is 0.407 e. The molecule has 102 valence electrons. The average molecular weight is 266 g/mol. The highest BCUT2D eigenvalue weighted by molar-refractivity contribution is 5.65. The summed E-state index contributed by atoms with van der Waals surface area (Å²) in [5, 5.41) is 19.5. The van der Waals surface area contributed by atoms with E-state index in [4.69, 9.17) is 5.11 Å². The Morgan fingerprint density at radius 2 is 2.11 bits per heavy atom. The van der Waals surface area contributed by atoms with Crippen LogP contribution in [0.25, 0.3) is 0 Å². The molecule has 19 heavy (non-hydrogen) atoms. The standard InChI is InChI=1S/C11H14N4O4/c16-11(17)14-5-1-4-13(6-7-14)9-2-3-10(12-8-9)15(18)19/h2-3,8H,1,4-7H2,(H,16,17). The minimum atomic E-state index is -0.913. The predicted octanol–water partition coefficient (Wildman–Crippen LogP) is 1.18. The largest absolute Gasteiger partial charge is 0.465 e. The second-order valence-electron chi connectivity index (χ2n) is 4.24. The number of carbonyl (C=O) groups is 1. The van der Waals surface area contributed by atoms with Crippen molar-refractivity contribution in [2.24, 2.45) is 0 Å². The second-order valence-corrected chi connectivity index (χ2v) is 4.24. The Balaban J connectivity index is 2.05. The molecule has 0 bridgehead atoms. The summed E-state index contributed by atoms with van der Waals surface area (Å²) in [5.41, 5.74) is 0.776. The minimum Gasteiger partial charge on any atom is -0.465 e. The van der Waals surface area contributed by atoms with E-state index in [0.29, 0.717) is 26.2 Å². The summed E-state index contributed by atoms with van der Waals surface area (Å²) in [6, 6.07) is 3.00. The Morgan fingerprint density at radius 1 is 1.32 bits per heavy atom. The molecule has 0 atom stereocenters. The van der Waals surface area contributed by atoms with Gasteiger partial charge in [-0.1, -0.05) is 0 Å². The molecule has 0 aromatic carbocycles. The van der Waals surface area contributed by atoms with Gasteiger partial charge in [-0.05, 0) is 22.4 Å². The zero-order valence-corrected chi connectivity index (χ0v) is 10.2. The first kappa shape index (κ1) is 13.1. The predicted molar refractivity (Wildman–Crippen MR) is 67.3 cm³/mol. The van der Waals surface area contributed by atoms with Crippen LogP contribution in [0.3, 0.4) is 0 Å². The van der Waals surface area contributed by atoms with E-state index in [1.54, 1.807) is 6.07 Å². The Hall–Kier alpha value is -2.38. The number of nitrogens with zero attached hydrogens (tertiary/aromatic N) is 4. The molecule has 1 fully saturated rings. The van der Waals surface area contributed by atoms with E-state index < -0.39 is 11.0 Å². The van der Waals surface area contributed by atoms with Crippen molar-refractivity contribution < 1.29 is 14.8 Å². The number of nitro groups is 1. The molecule has 0 radical (unpaired) electrons. The average Bonchev–Trinajstić information content (AvgIpc) is 2.64. The molecule has 1 aliphatic rings. The van der Waals surface area contributed by atoms with Gasteiger partial charge in [0.05, 0.1) is 5.69 Å². The van der Waals surface area contributed by atoms with Crippen molar-refractivity contribution in [2.75, 3.05) is 31.1 Å². The number of aromatic nitrogens is 1. The summed E-state index contributed by atoms with van der Waals surface area (Å²) < 4.78 is 0. The molecule has 2 rings (SSSR count). The van der Waals surface area contributed by atoms with Crippen molar-refractivity contribution in [3.05, 3.63) is 28.4 Å². The van der Waals surface area contributed by atoms with Crippen molar-refractivity contribution in [2.45, 2.75) is 6.42 Å². The van der Waals surface area contributed by atoms with Crippen LogP contribution in [-0.4, -0.2) is 52.2 Å². The number of pyridine rings is 1. The maximum absolute atomic E-state index is 10.9. The third-order valence-corrected chi connectivity index (χ3v) is 3.05. The molecule has 0 spiro atoms. The van der Waals surface area contributed by atoms with Crippen LogP contribution in [-0.2, 0) is 0 Å². The number of carboxylic acid groups (broad SMARTS) is 1. The van der Waals surface area contributed by atoms with Gasteiger partial charge < -0.3 is 25.0 Å². The van der Waals surface area contributed by atoms with Crippen LogP contribution in [0.2, 0.25) is 0 Å². The first-order valence-electron chi connectivity index (χ1n) is 5.91. The Morgan fingerprint density at radius 3 is 2.68 bits per heavy atom. The first-order valence-corrected chi connectivity index (χ1v) is 5.91. The van der Waals surface area contributed by atoms with Crippen LogP contribution in [0.15, 0.2) is 18.3 Å². The molecule has 1 aliphatic heterocycles. The van der Waals surface area contributed by atoms with Gasteiger partial charge in [0.25, 0.3) is 0 Å². The summed E-state index contributed by atoms with van der Waals surface area (Å²) in [5.74, 6) is -0.189. The molecule has 0 aliphatic carbocycles. The summed E-state index contributed by atoms with van der Waals surface area (Å²) in [6.07, 6.45) is 1.27. The fourth-order valence-corrected chi connectivity index (χ4v) is 2.04. The molecule has 1 amide bonds. The minimum absolute atomic E-state index is 0.189. The van der Waals surface area contributed by atoms with Crippen LogP contribution < -0.4 is 4.90 Å². The van der Waals surface area contributed by atoms with Gasteiger partial charge >= 0.3 is 11.9 Å². The van der Waals surface area contributed by atoms with E-state index in [0.717, 1.165) is 12.1 Å². The molecular formula is C11H14N4O4. The number of hydrogen-bond acceptors (Lipinski definition) is 5. The maximum Gasteiger partial charge on any atom is 0.407 e. The van der Waals surface area contributed by atoms with Gasteiger partial charge in [-0.3, -0.25) is 0 Å². The van der Waals surface area contributed by atoms with E-state index in [-0.39, 0.29) is 5.82 Å². The van der Waals surface area contributed by atoms with Crippen LogP contribution in [0, 0.1) is 10.1 Å². The van der Waals surface area contributed by atoms with E-state index in [2.05, 4.69) is 4.98 Å². The van der Waals surface area contributed by atoms with Crippen molar-refractivity contribution in [1.29, 1.82) is 0 Å². The highest BCUT2D eigenvalue weighted by Crippen LogP contribution is 2.18. The monoisotopic (exact) mass is 266 g/mol. The van der Waals surface area contributed by atoms with E-state index in [1.807, 2.05) is 4.90 Å². The normalized spacial score (nSPS) is 16.0. The highest BCUT2D eigenvalue weighted by atomic mass is 16.6. The Labute approximate surface area is 109 Å². The van der Waals surface area contributed by atoms with Gasteiger partial charge in [0.2, 0.25) is 0 Å². The second kappa shape index (κ2) is 5.51. The molecule has 1 aromatic rings. The Bertz CT molecular complexity index is 476. The number of rotatable bonds is 2. The lowest BCUT2D eigenvalue weighted by molar-refractivity contribution is -0.389. The zero-order chi connectivity index (χ0) is 13.8. The SMILES string of the molecule is O=C(O)N1CCCN(c2ccc([N+](=O)[O-])nc2)CC1. The van der Waals surface area contributed by atoms with E-state index >= 15 is 0 Å². The molecule has 0 saturated carbocycles. The number of amides is 1. The molecule has 1 N–H and O–H groups in total. The molecule has 1 aromatic heterocycles. The van der Waals surface area contributed by atoms with Crippen molar-refractivity contribution in [1.82, 2.24) is 9.88 Å². The quantitative estimate of drug-likeness (QED) is 0.637. The topological polar surface area (TPSA) is 99.8 Å². The van der Waals surface area contributed by atoms with Gasteiger partial charge in [-0.2, -0.15) is 0 Å². The molecule has 1 saturated heterocycles. The number of hydrogen-bond donors (Lipinski definition) is 1. The lowest BCUT2D eigenvalue weighted by atomic mass is 10.3. The molecule has 2 heterocycles. The van der Waals surface area contributed by atoms with Crippen LogP contribution in [0.1, 0.15) is 6.42 Å². The third-order valence-electron chi connectivity index (χ3n) is 3.05. The first-order chi connectivity index (χ1) is 9.08. The van der Waals surface area contributed by atoms with Crippen LogP contribution >= 0.6 is 0 Å². The molecule has 8 heteroatoms. The van der Waals surface area contributed by atoms with Crippen molar-refractivity contribution >= 4 is 17.6 Å². The molecular weight excluding hydrogens is 252 g/mol. The lowest BCUT2D eigenvalue weighted by Gasteiger charge is -2.21. The summed E-state index contributed by atoms with van der Waals surface area (Å²) in [4.78, 5) is 28.0. The van der Waals surface area contributed by atoms with E-state index in [1.165, 1.54) is 17.2 Å². The Kier molecular flexibility index (Phi) is 3.79. The molecule has 0 unspecified atom stereocenters. The fraction of sp³-hybridized carbons (Fsp3) is 0.455. The van der Waals surface area contributed by atoms with Crippen molar-refractivity contribution in [3.8, 4) is 0 Å². The number of anilines is 1. The summed E-state index contributed by atoms with van der Waals surface area (Å²) >= 11 is 0. The fourth-order valence-electron chi connectivity index (χ4n) is 2.04. The lowest BCUT2D eigenvalue weighted by Crippen LogP contribution is -2.34. The summed E-state index contributed by atoms with van der Waals surface area (Å²) in [6.45, 7) is 2.20. The summed E-state index contributed by atoms with van der Waals surface area (Å²) in [7, 11) is 0. The maximum atomic E-state index is 10.9. The van der Waals surface area contributed by atoms with Gasteiger partial charge in [0, 0.05) is 32.2 Å². The van der Waals surface area contributed by atoms with Gasteiger partial charge in [-0.15, -0.1) is 0 Å². The van der Waals surface area contributed by atoms with Gasteiger partial charge in [0.15, 0.2) is 6.20 Å². The van der Waals surface area contributed by atoms with Crippen molar-refractivity contribution in [3.63, 3.8) is 0 Å². The van der Waals surface area contributed by atoms with Crippen LogP contribution in [0.4, 0.5) is 16.3 Å².